The fourth-order valence-electron chi connectivity index (χ4n) is 3.18. The van der Waals surface area contributed by atoms with Crippen LogP contribution in [0.2, 0.25) is 0 Å². The van der Waals surface area contributed by atoms with Gasteiger partial charge in [-0.15, -0.1) is 0 Å². The average molecular weight is 172 g/mol. The largest absolute Gasteiger partial charge is 0.255 e. The SMILES string of the molecule is CC1CCC2CC1C2(C)C.OO. The van der Waals surface area contributed by atoms with Gasteiger partial charge in [0.15, 0.2) is 0 Å². The second kappa shape index (κ2) is 3.35. The molecule has 3 fully saturated rings. The van der Waals surface area contributed by atoms with Gasteiger partial charge < -0.3 is 0 Å². The zero-order valence-corrected chi connectivity index (χ0v) is 8.25. The van der Waals surface area contributed by atoms with Crippen LogP contribution in [0.15, 0.2) is 0 Å². The van der Waals surface area contributed by atoms with Crippen LogP contribution in [0.1, 0.15) is 40.0 Å². The highest BCUT2D eigenvalue weighted by atomic mass is 17.0. The first kappa shape index (κ1) is 10.0. The summed E-state index contributed by atoms with van der Waals surface area (Å²) in [5, 5.41) is 12.0. The molecule has 0 radical (unpaired) electrons. The maximum Gasteiger partial charge on any atom is -0.0295 e. The zero-order chi connectivity index (χ0) is 9.35. The normalized spacial score (nSPS) is 42.2. The number of hydrogen-bond donors (Lipinski definition) is 2. The molecular weight excluding hydrogens is 152 g/mol. The lowest BCUT2D eigenvalue weighted by Gasteiger charge is -2.59. The molecule has 3 atom stereocenters. The molecule has 0 heterocycles. The Morgan fingerprint density at radius 1 is 1.17 bits per heavy atom. The third kappa shape index (κ3) is 1.27. The summed E-state index contributed by atoms with van der Waals surface area (Å²) < 4.78 is 0. The molecule has 0 aromatic carbocycles. The lowest BCUT2D eigenvalue weighted by Crippen LogP contribution is -2.51. The van der Waals surface area contributed by atoms with Crippen LogP contribution in [0.3, 0.4) is 0 Å². The van der Waals surface area contributed by atoms with Crippen molar-refractivity contribution < 1.29 is 10.5 Å². The molecule has 3 unspecified atom stereocenters. The molecule has 2 N–H and O–H groups in total. The predicted molar refractivity (Wildman–Crippen MR) is 49.0 cm³/mol. The molecule has 12 heavy (non-hydrogen) atoms. The van der Waals surface area contributed by atoms with E-state index in [2.05, 4.69) is 20.8 Å². The quantitative estimate of drug-likeness (QED) is 0.435. The molecule has 3 rings (SSSR count). The van der Waals surface area contributed by atoms with E-state index >= 15 is 0 Å². The van der Waals surface area contributed by atoms with E-state index in [-0.39, 0.29) is 0 Å². The summed E-state index contributed by atoms with van der Waals surface area (Å²) in [5.74, 6) is 3.15. The van der Waals surface area contributed by atoms with Crippen molar-refractivity contribution in [2.45, 2.75) is 40.0 Å². The zero-order valence-electron chi connectivity index (χ0n) is 8.25. The van der Waals surface area contributed by atoms with Crippen LogP contribution in [-0.2, 0) is 0 Å². The van der Waals surface area contributed by atoms with Crippen molar-refractivity contribution in [2.24, 2.45) is 23.2 Å². The molecule has 72 valence electrons. The summed E-state index contributed by atoms with van der Waals surface area (Å²) in [6.07, 6.45) is 4.54. The second-order valence-corrected chi connectivity index (χ2v) is 4.92. The molecule has 2 heteroatoms. The van der Waals surface area contributed by atoms with Crippen molar-refractivity contribution >= 4 is 0 Å². The molecule has 0 aromatic rings. The summed E-state index contributed by atoms with van der Waals surface area (Å²) in [6.45, 7) is 7.35. The summed E-state index contributed by atoms with van der Waals surface area (Å²) >= 11 is 0. The first-order valence-corrected chi connectivity index (χ1v) is 4.82. The van der Waals surface area contributed by atoms with Crippen LogP contribution < -0.4 is 0 Å². The molecule has 3 saturated carbocycles. The summed E-state index contributed by atoms with van der Waals surface area (Å²) in [5.41, 5.74) is 0.706. The first-order chi connectivity index (χ1) is 5.62. The molecule has 0 amide bonds. The van der Waals surface area contributed by atoms with Crippen LogP contribution in [0.4, 0.5) is 0 Å². The average Bonchev–Trinajstić information content (AvgIpc) is 2.07. The second-order valence-electron chi connectivity index (χ2n) is 4.92. The third-order valence-electron chi connectivity index (χ3n) is 4.20. The van der Waals surface area contributed by atoms with Crippen molar-refractivity contribution in [1.29, 1.82) is 0 Å². The van der Waals surface area contributed by atoms with Crippen molar-refractivity contribution in [1.82, 2.24) is 0 Å². The fraction of sp³-hybridized carbons (Fsp3) is 1.00. The van der Waals surface area contributed by atoms with Crippen molar-refractivity contribution in [3.63, 3.8) is 0 Å². The molecule has 3 aliphatic rings. The van der Waals surface area contributed by atoms with Gasteiger partial charge in [-0.05, 0) is 36.0 Å². The lowest BCUT2D eigenvalue weighted by atomic mass is 9.46. The van der Waals surface area contributed by atoms with Gasteiger partial charge in [-0.3, -0.25) is 10.5 Å². The van der Waals surface area contributed by atoms with Crippen LogP contribution in [0.25, 0.3) is 0 Å². The minimum absolute atomic E-state index is 0.706. The summed E-state index contributed by atoms with van der Waals surface area (Å²) in [4.78, 5) is 0. The van der Waals surface area contributed by atoms with Crippen molar-refractivity contribution in [3.05, 3.63) is 0 Å². The van der Waals surface area contributed by atoms with E-state index in [0.717, 1.165) is 17.8 Å². The maximum absolute atomic E-state index is 6.00. The van der Waals surface area contributed by atoms with Crippen molar-refractivity contribution in [2.75, 3.05) is 0 Å². The number of fused-ring (bicyclic) bond motifs is 2. The molecular formula is C10H20O2. The Balaban J connectivity index is 0.000000336. The Bertz CT molecular complexity index is 152. The van der Waals surface area contributed by atoms with E-state index < -0.39 is 0 Å². The first-order valence-electron chi connectivity index (χ1n) is 4.82. The molecule has 0 saturated heterocycles. The van der Waals surface area contributed by atoms with E-state index in [1.165, 1.54) is 19.3 Å². The third-order valence-corrected chi connectivity index (χ3v) is 4.20. The van der Waals surface area contributed by atoms with Gasteiger partial charge in [-0.2, -0.15) is 0 Å². The highest BCUT2D eigenvalue weighted by Crippen LogP contribution is 2.61. The van der Waals surface area contributed by atoms with Gasteiger partial charge >= 0.3 is 0 Å². The van der Waals surface area contributed by atoms with Gasteiger partial charge in [0.25, 0.3) is 0 Å². The minimum Gasteiger partial charge on any atom is -0.255 e. The van der Waals surface area contributed by atoms with Crippen LogP contribution in [-0.4, -0.2) is 10.5 Å². The smallest absolute Gasteiger partial charge is 0.0295 e. The number of hydrogen-bond acceptors (Lipinski definition) is 2. The van der Waals surface area contributed by atoms with E-state index in [9.17, 15) is 0 Å². The molecule has 0 aromatic heterocycles. The maximum atomic E-state index is 6.00. The Morgan fingerprint density at radius 2 is 1.75 bits per heavy atom. The van der Waals surface area contributed by atoms with Gasteiger partial charge in [0.2, 0.25) is 0 Å². The molecule has 0 spiro atoms. The van der Waals surface area contributed by atoms with Crippen LogP contribution in [0.5, 0.6) is 0 Å². The van der Waals surface area contributed by atoms with E-state index in [1.54, 1.807) is 0 Å². The predicted octanol–water partition coefficient (Wildman–Crippen LogP) is 3.10. The number of rotatable bonds is 0. The molecule has 2 bridgehead atoms. The Hall–Kier alpha value is -0.0800. The van der Waals surface area contributed by atoms with Gasteiger partial charge in [-0.25, -0.2) is 0 Å². The standard InChI is InChI=1S/C10H18.H2O2/c1-7-4-5-8-6-9(7)10(8,2)3;1-2/h7-9H,4-6H2,1-3H3;1-2H. The van der Waals surface area contributed by atoms with Crippen LogP contribution >= 0.6 is 0 Å². The monoisotopic (exact) mass is 172 g/mol. The molecule has 3 aliphatic carbocycles. The van der Waals surface area contributed by atoms with Crippen molar-refractivity contribution in [3.8, 4) is 0 Å². The Labute approximate surface area is 74.5 Å². The van der Waals surface area contributed by atoms with Crippen LogP contribution in [0, 0.1) is 23.2 Å². The highest BCUT2D eigenvalue weighted by Gasteiger charge is 2.52. The van der Waals surface area contributed by atoms with Gasteiger partial charge in [0.05, 0.1) is 0 Å². The molecule has 0 aliphatic heterocycles. The van der Waals surface area contributed by atoms with Gasteiger partial charge in [0.1, 0.15) is 0 Å². The Kier molecular flexibility index (Phi) is 2.79. The molecule has 2 nitrogen and oxygen atoms in total. The fourth-order valence-corrected chi connectivity index (χ4v) is 3.18. The minimum atomic E-state index is 0.706. The van der Waals surface area contributed by atoms with E-state index in [4.69, 9.17) is 10.5 Å². The topological polar surface area (TPSA) is 40.5 Å². The Morgan fingerprint density at radius 3 is 2.00 bits per heavy atom. The summed E-state index contributed by atoms with van der Waals surface area (Å²) in [7, 11) is 0. The summed E-state index contributed by atoms with van der Waals surface area (Å²) in [6, 6.07) is 0. The van der Waals surface area contributed by atoms with Gasteiger partial charge in [-0.1, -0.05) is 27.2 Å². The van der Waals surface area contributed by atoms with E-state index in [1.807, 2.05) is 0 Å². The lowest BCUT2D eigenvalue weighted by molar-refractivity contribution is -0.176. The highest BCUT2D eigenvalue weighted by molar-refractivity contribution is 5.01. The van der Waals surface area contributed by atoms with Gasteiger partial charge in [0, 0.05) is 0 Å². The van der Waals surface area contributed by atoms with E-state index in [0.29, 0.717) is 5.41 Å².